The van der Waals surface area contributed by atoms with Gasteiger partial charge in [-0.1, -0.05) is 0 Å². The van der Waals surface area contributed by atoms with Crippen LogP contribution in [0.1, 0.15) is 0 Å². The van der Waals surface area contributed by atoms with Gasteiger partial charge in [0.15, 0.2) is 11.6 Å². The molecule has 2 N–H and O–H groups in total. The van der Waals surface area contributed by atoms with Crippen molar-refractivity contribution >= 4 is 17.0 Å². The number of anilines is 1. The van der Waals surface area contributed by atoms with Gasteiger partial charge in [0.25, 0.3) is 0 Å². The minimum atomic E-state index is -0.964. The fraction of sp³-hybridized carbons (Fsp3) is 0.417. The second-order valence-corrected chi connectivity index (χ2v) is 4.12. The number of hydrogen-bond donors (Lipinski definition) is 1. The van der Waals surface area contributed by atoms with E-state index in [0.29, 0.717) is 12.1 Å². The van der Waals surface area contributed by atoms with Gasteiger partial charge >= 0.3 is 0 Å². The highest BCUT2D eigenvalue weighted by atomic mass is 19.2. The van der Waals surface area contributed by atoms with Gasteiger partial charge in [-0.05, 0) is 12.1 Å². The van der Waals surface area contributed by atoms with Crippen molar-refractivity contribution in [3.8, 4) is 0 Å². The molecule has 0 amide bonds. The standard InChI is InChI=1S/C12H15F2N3O2/c1-18-6-7(19-2)5-17-11-9(16-12(17)15)4-3-8(13)10(11)14/h3-4,7H,5-6H2,1-2H3,(H2,15,16). The Balaban J connectivity index is 2.47. The largest absolute Gasteiger partial charge is 0.382 e. The van der Waals surface area contributed by atoms with E-state index in [-0.39, 0.29) is 24.1 Å². The molecule has 0 radical (unpaired) electrons. The molecule has 0 saturated heterocycles. The third kappa shape index (κ3) is 2.52. The molecule has 1 aromatic heterocycles. The second kappa shape index (κ2) is 5.50. The fourth-order valence-corrected chi connectivity index (χ4v) is 1.94. The molecule has 1 unspecified atom stereocenters. The highest BCUT2D eigenvalue weighted by Crippen LogP contribution is 2.23. The number of halogens is 2. The summed E-state index contributed by atoms with van der Waals surface area (Å²) in [7, 11) is 3.04. The van der Waals surface area contributed by atoms with Crippen LogP contribution in [0.15, 0.2) is 12.1 Å². The molecule has 7 heteroatoms. The van der Waals surface area contributed by atoms with E-state index in [1.165, 1.54) is 24.9 Å². The summed E-state index contributed by atoms with van der Waals surface area (Å²) in [6, 6.07) is 2.41. The van der Waals surface area contributed by atoms with Gasteiger partial charge in [-0.3, -0.25) is 0 Å². The molecule has 0 fully saturated rings. The zero-order chi connectivity index (χ0) is 14.0. The summed E-state index contributed by atoms with van der Waals surface area (Å²) in [5.74, 6) is -1.79. The smallest absolute Gasteiger partial charge is 0.201 e. The lowest BCUT2D eigenvalue weighted by atomic mass is 10.2. The van der Waals surface area contributed by atoms with Gasteiger partial charge in [-0.15, -0.1) is 0 Å². The van der Waals surface area contributed by atoms with E-state index in [4.69, 9.17) is 15.2 Å². The zero-order valence-electron chi connectivity index (χ0n) is 10.7. The Morgan fingerprint density at radius 2 is 2.11 bits per heavy atom. The topological polar surface area (TPSA) is 62.3 Å². The van der Waals surface area contributed by atoms with Crippen LogP contribution >= 0.6 is 0 Å². The normalized spacial score (nSPS) is 13.1. The number of ether oxygens (including phenoxy) is 2. The molecule has 1 atom stereocenters. The minimum absolute atomic E-state index is 0.0376. The van der Waals surface area contributed by atoms with Gasteiger partial charge in [0.2, 0.25) is 5.95 Å². The Hall–Kier alpha value is -1.73. The monoisotopic (exact) mass is 271 g/mol. The highest BCUT2D eigenvalue weighted by Gasteiger charge is 2.18. The minimum Gasteiger partial charge on any atom is -0.382 e. The number of rotatable bonds is 5. The molecule has 1 heterocycles. The molecule has 0 saturated carbocycles. The molecule has 5 nitrogen and oxygen atoms in total. The Morgan fingerprint density at radius 3 is 2.74 bits per heavy atom. The van der Waals surface area contributed by atoms with Crippen molar-refractivity contribution in [2.24, 2.45) is 0 Å². The van der Waals surface area contributed by atoms with Crippen LogP contribution in [0.3, 0.4) is 0 Å². The number of imidazole rings is 1. The van der Waals surface area contributed by atoms with Crippen LogP contribution in [0.5, 0.6) is 0 Å². The summed E-state index contributed by atoms with van der Waals surface area (Å²) in [6.07, 6.45) is -0.327. The van der Waals surface area contributed by atoms with Crippen molar-refractivity contribution < 1.29 is 18.3 Å². The molecule has 1 aromatic carbocycles. The maximum absolute atomic E-state index is 13.8. The van der Waals surface area contributed by atoms with Crippen LogP contribution in [0.2, 0.25) is 0 Å². The molecule has 0 bridgehead atoms. The summed E-state index contributed by atoms with van der Waals surface area (Å²) in [5, 5.41) is 0. The third-order valence-corrected chi connectivity index (χ3v) is 2.90. The summed E-state index contributed by atoms with van der Waals surface area (Å²) >= 11 is 0. The third-order valence-electron chi connectivity index (χ3n) is 2.90. The molecule has 0 aliphatic heterocycles. The van der Waals surface area contributed by atoms with Gasteiger partial charge in [0.1, 0.15) is 5.52 Å². The van der Waals surface area contributed by atoms with Gasteiger partial charge in [0, 0.05) is 14.2 Å². The zero-order valence-corrected chi connectivity index (χ0v) is 10.7. The molecular formula is C12H15F2N3O2. The SMILES string of the molecule is COCC(Cn1c(N)nc2ccc(F)c(F)c21)OC. The van der Waals surface area contributed by atoms with Crippen molar-refractivity contribution in [2.45, 2.75) is 12.6 Å². The van der Waals surface area contributed by atoms with E-state index in [1.807, 2.05) is 0 Å². The lowest BCUT2D eigenvalue weighted by Gasteiger charge is -2.16. The van der Waals surface area contributed by atoms with Gasteiger partial charge in [-0.25, -0.2) is 13.8 Å². The molecular weight excluding hydrogens is 256 g/mol. The molecule has 2 aromatic rings. The maximum atomic E-state index is 13.8. The van der Waals surface area contributed by atoms with Crippen LogP contribution < -0.4 is 5.73 Å². The molecule has 104 valence electrons. The first kappa shape index (κ1) is 13.7. The molecule has 19 heavy (non-hydrogen) atoms. The van der Waals surface area contributed by atoms with Crippen molar-refractivity contribution in [1.29, 1.82) is 0 Å². The Labute approximate surface area is 108 Å². The second-order valence-electron chi connectivity index (χ2n) is 4.12. The van der Waals surface area contributed by atoms with E-state index in [1.54, 1.807) is 0 Å². The quantitative estimate of drug-likeness (QED) is 0.896. The van der Waals surface area contributed by atoms with Crippen molar-refractivity contribution in [2.75, 3.05) is 26.6 Å². The summed E-state index contributed by atoms with van der Waals surface area (Å²) in [5.41, 5.74) is 6.08. The lowest BCUT2D eigenvalue weighted by molar-refractivity contribution is 0.0192. The highest BCUT2D eigenvalue weighted by molar-refractivity contribution is 5.79. The first-order chi connectivity index (χ1) is 9.08. The van der Waals surface area contributed by atoms with E-state index in [2.05, 4.69) is 4.98 Å². The van der Waals surface area contributed by atoms with Crippen LogP contribution in [0.25, 0.3) is 11.0 Å². The van der Waals surface area contributed by atoms with E-state index in [0.717, 1.165) is 6.07 Å². The molecule has 0 spiro atoms. The summed E-state index contributed by atoms with van der Waals surface area (Å²) in [4.78, 5) is 4.00. The van der Waals surface area contributed by atoms with Crippen molar-refractivity contribution in [3.05, 3.63) is 23.8 Å². The van der Waals surface area contributed by atoms with Crippen LogP contribution in [0.4, 0.5) is 14.7 Å². The summed E-state index contributed by atoms with van der Waals surface area (Å²) < 4.78 is 38.7. The Kier molecular flexibility index (Phi) is 3.96. The number of aromatic nitrogens is 2. The molecule has 0 aliphatic rings. The van der Waals surface area contributed by atoms with Crippen LogP contribution in [0, 0.1) is 11.6 Å². The number of hydrogen-bond acceptors (Lipinski definition) is 4. The van der Waals surface area contributed by atoms with Crippen LogP contribution in [-0.4, -0.2) is 36.5 Å². The number of nitrogen functional groups attached to an aromatic ring is 1. The summed E-state index contributed by atoms with van der Waals surface area (Å²) in [6.45, 7) is 0.541. The van der Waals surface area contributed by atoms with E-state index < -0.39 is 11.6 Å². The number of benzene rings is 1. The Morgan fingerprint density at radius 1 is 1.37 bits per heavy atom. The van der Waals surface area contributed by atoms with E-state index in [9.17, 15) is 8.78 Å². The number of nitrogens with zero attached hydrogens (tertiary/aromatic N) is 2. The average Bonchev–Trinajstić information content (AvgIpc) is 2.70. The lowest BCUT2D eigenvalue weighted by Crippen LogP contribution is -2.24. The van der Waals surface area contributed by atoms with Crippen molar-refractivity contribution in [1.82, 2.24) is 9.55 Å². The number of nitrogens with two attached hydrogens (primary N) is 1. The van der Waals surface area contributed by atoms with Gasteiger partial charge in [-0.2, -0.15) is 0 Å². The predicted molar refractivity (Wildman–Crippen MR) is 66.7 cm³/mol. The van der Waals surface area contributed by atoms with Gasteiger partial charge < -0.3 is 19.8 Å². The number of methoxy groups -OCH3 is 2. The first-order valence-corrected chi connectivity index (χ1v) is 5.70. The average molecular weight is 271 g/mol. The van der Waals surface area contributed by atoms with Crippen LogP contribution in [-0.2, 0) is 16.0 Å². The fourth-order valence-electron chi connectivity index (χ4n) is 1.94. The maximum Gasteiger partial charge on any atom is 0.201 e. The predicted octanol–water partition coefficient (Wildman–Crippen LogP) is 1.56. The Bertz CT molecular complexity index is 586. The molecule has 0 aliphatic carbocycles. The number of fused-ring (bicyclic) bond motifs is 1. The van der Waals surface area contributed by atoms with Gasteiger partial charge in [0.05, 0.1) is 24.8 Å². The van der Waals surface area contributed by atoms with Crippen molar-refractivity contribution in [3.63, 3.8) is 0 Å². The molecule has 2 rings (SSSR count). The first-order valence-electron chi connectivity index (χ1n) is 5.70. The van der Waals surface area contributed by atoms with E-state index >= 15 is 0 Å².